The topological polar surface area (TPSA) is 46.6 Å². The van der Waals surface area contributed by atoms with E-state index in [0.717, 1.165) is 24.8 Å². The summed E-state index contributed by atoms with van der Waals surface area (Å²) in [6, 6.07) is 9.36. The van der Waals surface area contributed by atoms with Gasteiger partial charge in [-0.15, -0.1) is 11.3 Å². The molecule has 2 aromatic rings. The lowest BCUT2D eigenvalue weighted by molar-refractivity contribution is 0.406. The zero-order valence-corrected chi connectivity index (χ0v) is 15.0. The molecule has 1 fully saturated rings. The normalized spacial score (nSPS) is 15.1. The summed E-state index contributed by atoms with van der Waals surface area (Å²) in [5.74, 6) is 0.679. The molecule has 23 heavy (non-hydrogen) atoms. The summed E-state index contributed by atoms with van der Waals surface area (Å²) in [6.45, 7) is 2.36. The minimum atomic E-state index is -3.46. The van der Waals surface area contributed by atoms with Crippen molar-refractivity contribution in [1.29, 1.82) is 0 Å². The van der Waals surface area contributed by atoms with Gasteiger partial charge in [-0.2, -0.15) is 4.31 Å². The molecule has 1 aromatic heterocycles. The number of aryl methyl sites for hydroxylation is 1. The number of methoxy groups -OCH3 is 1. The molecule has 1 aliphatic carbocycles. The van der Waals surface area contributed by atoms with E-state index in [2.05, 4.69) is 6.07 Å². The van der Waals surface area contributed by atoms with Crippen LogP contribution in [-0.2, 0) is 16.4 Å². The second-order valence-electron chi connectivity index (χ2n) is 5.81. The van der Waals surface area contributed by atoms with Gasteiger partial charge in [0, 0.05) is 17.5 Å². The Morgan fingerprint density at radius 3 is 2.65 bits per heavy atom. The maximum atomic E-state index is 13.1. The molecule has 0 spiro atoms. The Balaban J connectivity index is 1.85. The number of ether oxygens (including phenoxy) is 1. The van der Waals surface area contributed by atoms with Crippen LogP contribution in [-0.4, -0.2) is 32.4 Å². The second-order valence-corrected chi connectivity index (χ2v) is 8.70. The maximum absolute atomic E-state index is 13.1. The molecule has 6 heteroatoms. The van der Waals surface area contributed by atoms with Gasteiger partial charge < -0.3 is 4.74 Å². The number of thiophene rings is 1. The molecule has 0 bridgehead atoms. The zero-order valence-electron chi connectivity index (χ0n) is 13.4. The number of hydrogen-bond donors (Lipinski definition) is 0. The molecule has 0 atom stereocenters. The van der Waals surface area contributed by atoms with Gasteiger partial charge in [0.1, 0.15) is 5.75 Å². The second kappa shape index (κ2) is 6.63. The van der Waals surface area contributed by atoms with Crippen LogP contribution in [0, 0.1) is 6.92 Å². The summed E-state index contributed by atoms with van der Waals surface area (Å²) < 4.78 is 33.0. The van der Waals surface area contributed by atoms with Crippen molar-refractivity contribution in [2.45, 2.75) is 37.1 Å². The van der Waals surface area contributed by atoms with Crippen molar-refractivity contribution in [2.75, 3.05) is 13.7 Å². The number of sulfonamides is 1. The van der Waals surface area contributed by atoms with Crippen LogP contribution in [0.1, 0.15) is 23.3 Å². The standard InChI is InChI=1S/C17H21NO3S2/c1-13-12-15(21-2)7-8-17(13)23(19,20)18(14-5-6-14)10-9-16-4-3-11-22-16/h3-4,7-8,11-12,14H,5-6,9-10H2,1-2H3. The average Bonchev–Trinajstić information content (AvgIpc) is 3.21. The Bertz CT molecular complexity index is 765. The lowest BCUT2D eigenvalue weighted by atomic mass is 10.2. The van der Waals surface area contributed by atoms with E-state index in [9.17, 15) is 8.42 Å². The summed E-state index contributed by atoms with van der Waals surface area (Å²) in [5, 5.41) is 2.03. The summed E-state index contributed by atoms with van der Waals surface area (Å²) in [7, 11) is -1.88. The SMILES string of the molecule is COc1ccc(S(=O)(=O)N(CCc2cccs2)C2CC2)c(C)c1. The molecule has 0 aliphatic heterocycles. The Labute approximate surface area is 141 Å². The molecule has 124 valence electrons. The van der Waals surface area contributed by atoms with Crippen molar-refractivity contribution in [2.24, 2.45) is 0 Å². The van der Waals surface area contributed by atoms with Gasteiger partial charge in [-0.25, -0.2) is 8.42 Å². The number of rotatable bonds is 7. The smallest absolute Gasteiger partial charge is 0.243 e. The first kappa shape index (κ1) is 16.5. The van der Waals surface area contributed by atoms with Crippen LogP contribution in [0.4, 0.5) is 0 Å². The maximum Gasteiger partial charge on any atom is 0.243 e. The van der Waals surface area contributed by atoms with Crippen LogP contribution in [0.5, 0.6) is 5.75 Å². The minimum absolute atomic E-state index is 0.154. The summed E-state index contributed by atoms with van der Waals surface area (Å²) in [6.07, 6.45) is 2.68. The van der Waals surface area contributed by atoms with E-state index in [0.29, 0.717) is 17.2 Å². The van der Waals surface area contributed by atoms with Gasteiger partial charge in [0.25, 0.3) is 0 Å². The van der Waals surface area contributed by atoms with Gasteiger partial charge in [-0.3, -0.25) is 0 Å². The fourth-order valence-corrected chi connectivity index (χ4v) is 5.29. The molecular weight excluding hydrogens is 330 g/mol. The van der Waals surface area contributed by atoms with E-state index in [1.165, 1.54) is 4.88 Å². The van der Waals surface area contributed by atoms with Crippen LogP contribution < -0.4 is 4.74 Å². The molecule has 3 rings (SSSR count). The Morgan fingerprint density at radius 2 is 2.09 bits per heavy atom. The first-order valence-corrected chi connectivity index (χ1v) is 10.0. The molecule has 0 amide bonds. The average molecular weight is 351 g/mol. The van der Waals surface area contributed by atoms with Crippen LogP contribution in [0.2, 0.25) is 0 Å². The number of benzene rings is 1. The molecule has 1 aromatic carbocycles. The molecule has 0 unspecified atom stereocenters. The summed E-state index contributed by atoms with van der Waals surface area (Å²) in [5.41, 5.74) is 0.728. The van der Waals surface area contributed by atoms with Crippen molar-refractivity contribution >= 4 is 21.4 Å². The van der Waals surface area contributed by atoms with Gasteiger partial charge in [-0.1, -0.05) is 6.07 Å². The van der Waals surface area contributed by atoms with Crippen molar-refractivity contribution in [3.63, 3.8) is 0 Å². The van der Waals surface area contributed by atoms with E-state index in [-0.39, 0.29) is 6.04 Å². The highest BCUT2D eigenvalue weighted by Crippen LogP contribution is 2.34. The van der Waals surface area contributed by atoms with E-state index >= 15 is 0 Å². The van der Waals surface area contributed by atoms with Crippen LogP contribution in [0.3, 0.4) is 0 Å². The van der Waals surface area contributed by atoms with Crippen molar-refractivity contribution in [3.05, 3.63) is 46.2 Å². The minimum Gasteiger partial charge on any atom is -0.497 e. The molecule has 0 saturated heterocycles. The van der Waals surface area contributed by atoms with Gasteiger partial charge in [0.2, 0.25) is 10.0 Å². The van der Waals surface area contributed by atoms with Crippen molar-refractivity contribution in [1.82, 2.24) is 4.31 Å². The third-order valence-electron chi connectivity index (χ3n) is 4.08. The van der Waals surface area contributed by atoms with E-state index < -0.39 is 10.0 Å². The van der Waals surface area contributed by atoms with Crippen molar-refractivity contribution in [3.8, 4) is 5.75 Å². The van der Waals surface area contributed by atoms with Crippen molar-refractivity contribution < 1.29 is 13.2 Å². The van der Waals surface area contributed by atoms with Crippen LogP contribution in [0.25, 0.3) is 0 Å². The predicted molar refractivity (Wildman–Crippen MR) is 92.7 cm³/mol. The molecule has 0 N–H and O–H groups in total. The summed E-state index contributed by atoms with van der Waals surface area (Å²) >= 11 is 1.67. The largest absolute Gasteiger partial charge is 0.497 e. The quantitative estimate of drug-likeness (QED) is 0.767. The number of nitrogens with zero attached hydrogens (tertiary/aromatic N) is 1. The zero-order chi connectivity index (χ0) is 16.4. The van der Waals surface area contributed by atoms with E-state index in [4.69, 9.17) is 4.74 Å². The molecule has 1 heterocycles. The molecular formula is C17H21NO3S2. The molecule has 4 nitrogen and oxygen atoms in total. The van der Waals surface area contributed by atoms with Gasteiger partial charge in [0.15, 0.2) is 0 Å². The molecule has 0 radical (unpaired) electrons. The first-order valence-electron chi connectivity index (χ1n) is 7.71. The summed E-state index contributed by atoms with van der Waals surface area (Å²) in [4.78, 5) is 1.61. The third kappa shape index (κ3) is 3.59. The molecule has 1 aliphatic rings. The Kier molecular flexibility index (Phi) is 4.75. The van der Waals surface area contributed by atoms with Crippen LogP contribution >= 0.6 is 11.3 Å². The Morgan fingerprint density at radius 1 is 1.30 bits per heavy atom. The Hall–Kier alpha value is -1.37. The van der Waals surface area contributed by atoms with Gasteiger partial charge in [0.05, 0.1) is 12.0 Å². The fraction of sp³-hybridized carbons (Fsp3) is 0.412. The third-order valence-corrected chi connectivity index (χ3v) is 7.13. The van der Waals surface area contributed by atoms with Gasteiger partial charge >= 0.3 is 0 Å². The lowest BCUT2D eigenvalue weighted by Crippen LogP contribution is -2.35. The highest BCUT2D eigenvalue weighted by Gasteiger charge is 2.38. The monoisotopic (exact) mass is 351 g/mol. The highest BCUT2D eigenvalue weighted by molar-refractivity contribution is 7.89. The fourth-order valence-electron chi connectivity index (χ4n) is 2.70. The van der Waals surface area contributed by atoms with E-state index in [1.54, 1.807) is 41.0 Å². The number of hydrogen-bond acceptors (Lipinski definition) is 4. The lowest BCUT2D eigenvalue weighted by Gasteiger charge is -2.23. The highest BCUT2D eigenvalue weighted by atomic mass is 32.2. The van der Waals surface area contributed by atoms with E-state index in [1.807, 2.05) is 18.4 Å². The van der Waals surface area contributed by atoms with Gasteiger partial charge in [-0.05, 0) is 61.4 Å². The van der Waals surface area contributed by atoms with Crippen LogP contribution in [0.15, 0.2) is 40.6 Å². The first-order chi connectivity index (χ1) is 11.0. The molecule has 1 saturated carbocycles. The predicted octanol–water partition coefficient (Wildman–Crippen LogP) is 3.46.